The Morgan fingerprint density at radius 2 is 1.87 bits per heavy atom. The van der Waals surface area contributed by atoms with E-state index in [9.17, 15) is 26.4 Å². The van der Waals surface area contributed by atoms with Crippen LogP contribution >= 0.6 is 11.3 Å². The molecule has 0 bridgehead atoms. The highest BCUT2D eigenvalue weighted by atomic mass is 32.2. The number of hydrogen-bond donors (Lipinski definition) is 1. The van der Waals surface area contributed by atoms with Crippen molar-refractivity contribution in [3.63, 3.8) is 0 Å². The molecule has 1 aliphatic rings. The first-order valence-corrected chi connectivity index (χ1v) is 12.7. The van der Waals surface area contributed by atoms with Crippen molar-refractivity contribution < 1.29 is 26.4 Å². The number of nitrogens with one attached hydrogen (secondary N) is 1. The van der Waals surface area contributed by atoms with Crippen LogP contribution in [0.25, 0.3) is 5.57 Å². The van der Waals surface area contributed by atoms with Gasteiger partial charge in [0, 0.05) is 23.4 Å². The molecule has 31 heavy (non-hydrogen) atoms. The van der Waals surface area contributed by atoms with Crippen LogP contribution in [0.1, 0.15) is 49.7 Å². The number of rotatable bonds is 5. The summed E-state index contributed by atoms with van der Waals surface area (Å²) in [5.41, 5.74) is -1.16. The Labute approximate surface area is 183 Å². The molecule has 1 aromatic heterocycles. The van der Waals surface area contributed by atoms with Gasteiger partial charge in [0.2, 0.25) is 0 Å². The van der Waals surface area contributed by atoms with Crippen LogP contribution in [0.4, 0.5) is 18.3 Å². The lowest BCUT2D eigenvalue weighted by Crippen LogP contribution is -2.17. The Kier molecular flexibility index (Phi) is 7.20. The summed E-state index contributed by atoms with van der Waals surface area (Å²) < 4.78 is 64.7. The van der Waals surface area contributed by atoms with E-state index >= 15 is 0 Å². The molecule has 5 nitrogen and oxygen atoms in total. The number of carbonyl (C=O) groups excluding carboxylic acids is 1. The van der Waals surface area contributed by atoms with Gasteiger partial charge in [0.25, 0.3) is 5.91 Å². The van der Waals surface area contributed by atoms with Crippen LogP contribution in [0.3, 0.4) is 0 Å². The van der Waals surface area contributed by atoms with Crippen molar-refractivity contribution in [3.8, 4) is 0 Å². The van der Waals surface area contributed by atoms with Gasteiger partial charge in [-0.1, -0.05) is 37.8 Å². The fourth-order valence-corrected chi connectivity index (χ4v) is 5.12. The summed E-state index contributed by atoms with van der Waals surface area (Å²) in [6.45, 7) is 0. The molecule has 1 amide bonds. The minimum atomic E-state index is -4.88. The van der Waals surface area contributed by atoms with Crippen LogP contribution in [-0.4, -0.2) is 25.6 Å². The van der Waals surface area contributed by atoms with Crippen molar-refractivity contribution in [1.82, 2.24) is 4.98 Å². The van der Waals surface area contributed by atoms with Gasteiger partial charge in [-0.05, 0) is 36.5 Å². The normalized spacial score (nSPS) is 16.7. The molecule has 10 heteroatoms. The number of aromatic nitrogens is 1. The van der Waals surface area contributed by atoms with Gasteiger partial charge in [0.05, 0.1) is 10.5 Å². The molecule has 1 heterocycles. The topological polar surface area (TPSA) is 76.1 Å². The molecular weight excluding hydrogens is 449 g/mol. The zero-order chi connectivity index (χ0) is 22.6. The van der Waals surface area contributed by atoms with Crippen molar-refractivity contribution in [1.29, 1.82) is 0 Å². The van der Waals surface area contributed by atoms with Crippen LogP contribution in [0.2, 0.25) is 0 Å². The van der Waals surface area contributed by atoms with Crippen LogP contribution in [0.15, 0.2) is 40.7 Å². The Bertz CT molecular complexity index is 1050. The molecule has 0 radical (unpaired) electrons. The molecule has 168 valence electrons. The molecule has 0 unspecified atom stereocenters. The number of halogens is 3. The predicted molar refractivity (Wildman–Crippen MR) is 114 cm³/mol. The van der Waals surface area contributed by atoms with Crippen molar-refractivity contribution >= 4 is 37.8 Å². The molecular formula is C21H23F3N2O3S2. The maximum Gasteiger partial charge on any atom is 0.417 e. The number of amides is 1. The summed E-state index contributed by atoms with van der Waals surface area (Å²) in [4.78, 5) is 16.2. The monoisotopic (exact) mass is 472 g/mol. The molecule has 3 rings (SSSR count). The Morgan fingerprint density at radius 1 is 1.19 bits per heavy atom. The van der Waals surface area contributed by atoms with Crippen LogP contribution in [-0.2, 0) is 20.8 Å². The summed E-state index contributed by atoms with van der Waals surface area (Å²) >= 11 is 1.20. The van der Waals surface area contributed by atoms with Gasteiger partial charge in [0.1, 0.15) is 0 Å². The first-order chi connectivity index (χ1) is 14.6. The number of thiazole rings is 1. The highest BCUT2D eigenvalue weighted by molar-refractivity contribution is 7.90. The van der Waals surface area contributed by atoms with Crippen LogP contribution in [0.5, 0.6) is 0 Å². The van der Waals surface area contributed by atoms with E-state index in [2.05, 4.69) is 10.3 Å². The summed E-state index contributed by atoms with van der Waals surface area (Å²) in [5, 5.41) is 4.64. The van der Waals surface area contributed by atoms with E-state index < -0.39 is 32.4 Å². The second kappa shape index (κ2) is 9.52. The minimum Gasteiger partial charge on any atom is -0.298 e. The van der Waals surface area contributed by atoms with E-state index in [0.29, 0.717) is 5.13 Å². The second-order valence-corrected chi connectivity index (χ2v) is 10.5. The van der Waals surface area contributed by atoms with Crippen molar-refractivity contribution in [2.75, 3.05) is 11.6 Å². The number of alkyl halides is 3. The third-order valence-corrected chi connectivity index (χ3v) is 7.04. The average Bonchev–Trinajstić information content (AvgIpc) is 3.05. The van der Waals surface area contributed by atoms with Gasteiger partial charge in [-0.3, -0.25) is 10.1 Å². The fraction of sp³-hybridized carbons (Fsp3) is 0.429. The fourth-order valence-electron chi connectivity index (χ4n) is 3.71. The standard InChI is InChI=1S/C21H23F3N2O3S2/c1-31(28,29)18-9-8-15(13-17(18)21(22,23)24)16(12-14-6-4-2-3-5-7-14)19(27)26-20-25-10-11-30-20/h8-14H,2-7H2,1H3,(H,25,26,27)/b16-12+. The number of allylic oxidation sites excluding steroid dienone is 1. The molecule has 2 aromatic rings. The zero-order valence-corrected chi connectivity index (χ0v) is 18.5. The van der Waals surface area contributed by atoms with Gasteiger partial charge in [-0.25, -0.2) is 13.4 Å². The Hall–Kier alpha value is -2.20. The second-order valence-electron chi connectivity index (χ2n) is 7.60. The molecule has 1 fully saturated rings. The lowest BCUT2D eigenvalue weighted by molar-refractivity contribution is -0.139. The third kappa shape index (κ3) is 6.16. The van der Waals surface area contributed by atoms with Crippen molar-refractivity contribution in [2.45, 2.75) is 49.6 Å². The van der Waals surface area contributed by atoms with Crippen LogP contribution in [0, 0.1) is 5.92 Å². The summed E-state index contributed by atoms with van der Waals surface area (Å²) in [5.74, 6) is -0.511. The number of benzene rings is 1. The first kappa shape index (κ1) is 23.5. The zero-order valence-electron chi connectivity index (χ0n) is 16.9. The lowest BCUT2D eigenvalue weighted by Gasteiger charge is -2.17. The van der Waals surface area contributed by atoms with Gasteiger partial charge in [-0.15, -0.1) is 11.3 Å². The molecule has 1 N–H and O–H groups in total. The molecule has 0 atom stereocenters. The van der Waals surface area contributed by atoms with E-state index in [-0.39, 0.29) is 17.1 Å². The number of hydrogen-bond acceptors (Lipinski definition) is 5. The molecule has 1 aliphatic carbocycles. The lowest BCUT2D eigenvalue weighted by atomic mass is 9.93. The smallest absolute Gasteiger partial charge is 0.298 e. The summed E-state index contributed by atoms with van der Waals surface area (Å²) in [6.07, 6.45) is 4.94. The Balaban J connectivity index is 2.08. The molecule has 0 saturated heterocycles. The minimum absolute atomic E-state index is 0.0260. The van der Waals surface area contributed by atoms with E-state index in [1.165, 1.54) is 23.6 Å². The highest BCUT2D eigenvalue weighted by Gasteiger charge is 2.37. The van der Waals surface area contributed by atoms with Crippen molar-refractivity contribution in [3.05, 3.63) is 47.0 Å². The largest absolute Gasteiger partial charge is 0.417 e. The SMILES string of the molecule is CS(=O)(=O)c1ccc(/C(=C\C2CCCCCC2)C(=O)Nc2nccs2)cc1C(F)(F)F. The number of anilines is 1. The molecule has 0 spiro atoms. The highest BCUT2D eigenvalue weighted by Crippen LogP contribution is 2.37. The Morgan fingerprint density at radius 3 is 2.42 bits per heavy atom. The maximum absolute atomic E-state index is 13.6. The molecule has 1 saturated carbocycles. The molecule has 1 aromatic carbocycles. The van der Waals surface area contributed by atoms with E-state index in [0.717, 1.165) is 56.9 Å². The van der Waals surface area contributed by atoms with Gasteiger partial charge < -0.3 is 0 Å². The molecule has 0 aliphatic heterocycles. The van der Waals surface area contributed by atoms with Gasteiger partial charge in [-0.2, -0.15) is 13.2 Å². The van der Waals surface area contributed by atoms with E-state index in [1.807, 2.05) is 0 Å². The first-order valence-electron chi connectivity index (χ1n) is 9.90. The van der Waals surface area contributed by atoms with E-state index in [4.69, 9.17) is 0 Å². The maximum atomic E-state index is 13.6. The quantitative estimate of drug-likeness (QED) is 0.457. The summed E-state index contributed by atoms with van der Waals surface area (Å²) in [6, 6.07) is 2.93. The third-order valence-electron chi connectivity index (χ3n) is 5.20. The van der Waals surface area contributed by atoms with Gasteiger partial charge >= 0.3 is 6.18 Å². The number of nitrogens with zero attached hydrogens (tertiary/aromatic N) is 1. The predicted octanol–water partition coefficient (Wildman–Crippen LogP) is 5.56. The average molecular weight is 473 g/mol. The van der Waals surface area contributed by atoms with Gasteiger partial charge in [0.15, 0.2) is 15.0 Å². The number of sulfone groups is 1. The van der Waals surface area contributed by atoms with Crippen molar-refractivity contribution in [2.24, 2.45) is 5.92 Å². The number of carbonyl (C=O) groups is 1. The van der Waals surface area contributed by atoms with E-state index in [1.54, 1.807) is 11.5 Å². The van der Waals surface area contributed by atoms with Crippen LogP contribution < -0.4 is 5.32 Å². The summed E-state index contributed by atoms with van der Waals surface area (Å²) in [7, 11) is -4.10.